The summed E-state index contributed by atoms with van der Waals surface area (Å²) in [4.78, 5) is 24.6. The van der Waals surface area contributed by atoms with E-state index in [0.717, 1.165) is 0 Å². The summed E-state index contributed by atoms with van der Waals surface area (Å²) in [6.45, 7) is 10.1. The van der Waals surface area contributed by atoms with Crippen molar-refractivity contribution in [2.24, 2.45) is 11.3 Å². The molecule has 174 valence electrons. The Hall–Kier alpha value is -3.03. The molecule has 1 fully saturated rings. The number of nitrogens with one attached hydrogen (secondary N) is 1. The van der Waals surface area contributed by atoms with Crippen LogP contribution in [0.2, 0.25) is 0 Å². The molecular weight excluding hydrogens is 410 g/mol. The first-order valence-electron chi connectivity index (χ1n) is 10.8. The predicted molar refractivity (Wildman–Crippen MR) is 121 cm³/mol. The Balaban J connectivity index is 2.08. The van der Waals surface area contributed by atoms with Crippen LogP contribution in [0, 0.1) is 11.3 Å². The molecule has 2 atom stereocenters. The van der Waals surface area contributed by atoms with Gasteiger partial charge in [0.15, 0.2) is 5.69 Å². The molecular formula is C24H33N3O5. The lowest BCUT2D eigenvalue weighted by Gasteiger charge is -2.21. The van der Waals surface area contributed by atoms with Crippen LogP contribution in [0.1, 0.15) is 64.0 Å². The van der Waals surface area contributed by atoms with E-state index in [9.17, 15) is 14.7 Å². The number of benzene rings is 1. The predicted octanol–water partition coefficient (Wildman–Crippen LogP) is 4.16. The number of nitrogens with zero attached hydrogens (tertiary/aromatic N) is 2. The highest BCUT2D eigenvalue weighted by Crippen LogP contribution is 2.57. The molecule has 1 amide bonds. The lowest BCUT2D eigenvalue weighted by atomic mass is 10.0. The van der Waals surface area contributed by atoms with Gasteiger partial charge in [0.25, 0.3) is 5.91 Å². The molecule has 0 saturated heterocycles. The summed E-state index contributed by atoms with van der Waals surface area (Å²) in [5, 5.41) is 17.0. The summed E-state index contributed by atoms with van der Waals surface area (Å²) in [5.74, 6) is 0.153. The number of rotatable bonds is 9. The van der Waals surface area contributed by atoms with Gasteiger partial charge in [0.05, 0.1) is 43.5 Å². The average Bonchev–Trinajstić information content (AvgIpc) is 3.05. The Labute approximate surface area is 188 Å². The van der Waals surface area contributed by atoms with Gasteiger partial charge in [0, 0.05) is 0 Å². The van der Waals surface area contributed by atoms with Crippen molar-refractivity contribution < 1.29 is 24.2 Å². The third-order valence-electron chi connectivity index (χ3n) is 6.72. The van der Waals surface area contributed by atoms with Gasteiger partial charge in [-0.1, -0.05) is 33.8 Å². The number of aromatic nitrogens is 2. The molecule has 3 rings (SSSR count). The van der Waals surface area contributed by atoms with E-state index < -0.39 is 11.5 Å². The van der Waals surface area contributed by atoms with E-state index in [1.165, 1.54) is 0 Å². The molecule has 32 heavy (non-hydrogen) atoms. The molecule has 0 bridgehead atoms. The minimum absolute atomic E-state index is 0.00786. The number of carboxylic acids is 1. The lowest BCUT2D eigenvalue weighted by Crippen LogP contribution is -2.42. The zero-order chi connectivity index (χ0) is 23.8. The molecule has 1 aliphatic rings. The maximum absolute atomic E-state index is 13.2. The Morgan fingerprint density at radius 1 is 1.19 bits per heavy atom. The second-order valence-corrected chi connectivity index (χ2v) is 9.55. The molecule has 1 aromatic heterocycles. The number of ether oxygens (including phenoxy) is 2. The normalized spacial score (nSPS) is 20.0. The second-order valence-electron chi connectivity index (χ2n) is 9.55. The summed E-state index contributed by atoms with van der Waals surface area (Å²) in [6.07, 6.45) is 0.483. The molecule has 2 aromatic rings. The fraction of sp³-hybridized carbons (Fsp3) is 0.542. The van der Waals surface area contributed by atoms with Gasteiger partial charge in [-0.2, -0.15) is 5.10 Å². The number of carbonyl (C=O) groups excluding carboxylic acids is 1. The van der Waals surface area contributed by atoms with Crippen LogP contribution in [0.3, 0.4) is 0 Å². The molecule has 0 spiro atoms. The van der Waals surface area contributed by atoms with E-state index in [-0.39, 0.29) is 35.4 Å². The number of methoxy groups -OCH3 is 2. The van der Waals surface area contributed by atoms with Crippen LogP contribution >= 0.6 is 0 Å². The smallest absolute Gasteiger partial charge is 0.305 e. The summed E-state index contributed by atoms with van der Waals surface area (Å²) in [6, 6.07) is 7.23. The SMILES string of the molecule is COc1cccc(OC)c1-c1cc(C(=O)N[C@@]2(CC(=O)O)CC2(C)C)nn1C(C)C(C)C. The average molecular weight is 444 g/mol. The molecule has 8 heteroatoms. The van der Waals surface area contributed by atoms with Crippen molar-refractivity contribution in [3.05, 3.63) is 30.0 Å². The first-order valence-corrected chi connectivity index (χ1v) is 10.8. The number of carboxylic acid groups (broad SMARTS) is 1. The number of aliphatic carboxylic acids is 1. The van der Waals surface area contributed by atoms with E-state index in [1.54, 1.807) is 20.3 Å². The number of carbonyl (C=O) groups is 2. The van der Waals surface area contributed by atoms with Gasteiger partial charge >= 0.3 is 5.97 Å². The van der Waals surface area contributed by atoms with E-state index in [4.69, 9.17) is 9.47 Å². The Morgan fingerprint density at radius 2 is 1.75 bits per heavy atom. The van der Waals surface area contributed by atoms with Crippen molar-refractivity contribution in [2.45, 2.75) is 59.0 Å². The van der Waals surface area contributed by atoms with Crippen LogP contribution in [0.25, 0.3) is 11.3 Å². The molecule has 0 aliphatic heterocycles. The zero-order valence-corrected chi connectivity index (χ0v) is 19.9. The standard InChI is InChI=1S/C24H33N3O5/c1-14(2)15(3)27-17(21-18(31-6)9-8-10-19(21)32-7)11-16(26-27)22(30)25-24(12-20(28)29)13-23(24,4)5/h8-11,14-15H,12-13H2,1-7H3,(H,25,30)(H,28,29)/t15?,24-/m0/s1. The molecule has 2 N–H and O–H groups in total. The summed E-state index contributed by atoms with van der Waals surface area (Å²) in [7, 11) is 3.17. The minimum atomic E-state index is -0.936. The van der Waals surface area contributed by atoms with Crippen LogP contribution < -0.4 is 14.8 Å². The molecule has 1 aliphatic carbocycles. The topological polar surface area (TPSA) is 103 Å². The van der Waals surface area contributed by atoms with Crippen molar-refractivity contribution in [1.82, 2.24) is 15.1 Å². The molecule has 8 nitrogen and oxygen atoms in total. The maximum Gasteiger partial charge on any atom is 0.305 e. The van der Waals surface area contributed by atoms with E-state index in [2.05, 4.69) is 24.3 Å². The third-order valence-corrected chi connectivity index (χ3v) is 6.72. The van der Waals surface area contributed by atoms with Gasteiger partial charge in [0.2, 0.25) is 0 Å². The first kappa shape index (κ1) is 23.6. The highest BCUT2D eigenvalue weighted by atomic mass is 16.5. The van der Waals surface area contributed by atoms with E-state index >= 15 is 0 Å². The van der Waals surface area contributed by atoms with Gasteiger partial charge < -0.3 is 19.9 Å². The second kappa shape index (κ2) is 8.48. The molecule has 1 aromatic carbocycles. The van der Waals surface area contributed by atoms with Crippen LogP contribution in [0.4, 0.5) is 0 Å². The summed E-state index contributed by atoms with van der Waals surface area (Å²) >= 11 is 0. The van der Waals surface area contributed by atoms with Gasteiger partial charge in [-0.15, -0.1) is 0 Å². The highest BCUT2D eigenvalue weighted by molar-refractivity contribution is 5.95. The van der Waals surface area contributed by atoms with Gasteiger partial charge in [-0.25, -0.2) is 0 Å². The third kappa shape index (κ3) is 4.18. The molecule has 1 heterocycles. The molecule has 0 radical (unpaired) electrons. The Morgan fingerprint density at radius 3 is 2.19 bits per heavy atom. The number of hydrogen-bond acceptors (Lipinski definition) is 5. The van der Waals surface area contributed by atoms with Crippen molar-refractivity contribution in [3.8, 4) is 22.8 Å². The fourth-order valence-electron chi connectivity index (χ4n) is 4.20. The minimum Gasteiger partial charge on any atom is -0.496 e. The highest BCUT2D eigenvalue weighted by Gasteiger charge is 2.63. The van der Waals surface area contributed by atoms with Crippen molar-refractivity contribution in [2.75, 3.05) is 14.2 Å². The summed E-state index contributed by atoms with van der Waals surface area (Å²) in [5.41, 5.74) is 0.583. The summed E-state index contributed by atoms with van der Waals surface area (Å²) < 4.78 is 13.0. The Bertz CT molecular complexity index is 1000. The lowest BCUT2D eigenvalue weighted by molar-refractivity contribution is -0.138. The van der Waals surface area contributed by atoms with E-state index in [1.807, 2.05) is 43.7 Å². The fourth-order valence-corrected chi connectivity index (χ4v) is 4.20. The van der Waals surface area contributed by atoms with Crippen LogP contribution in [0.15, 0.2) is 24.3 Å². The van der Waals surface area contributed by atoms with Gasteiger partial charge in [0.1, 0.15) is 11.5 Å². The van der Waals surface area contributed by atoms with Crippen LogP contribution in [-0.2, 0) is 4.79 Å². The molecule has 1 unspecified atom stereocenters. The van der Waals surface area contributed by atoms with Gasteiger partial charge in [-0.3, -0.25) is 14.3 Å². The van der Waals surface area contributed by atoms with Crippen molar-refractivity contribution in [3.63, 3.8) is 0 Å². The van der Waals surface area contributed by atoms with Crippen LogP contribution in [-0.4, -0.2) is 46.5 Å². The van der Waals surface area contributed by atoms with E-state index in [0.29, 0.717) is 29.2 Å². The van der Waals surface area contributed by atoms with Crippen molar-refractivity contribution in [1.29, 1.82) is 0 Å². The quantitative estimate of drug-likeness (QED) is 0.603. The monoisotopic (exact) mass is 443 g/mol. The van der Waals surface area contributed by atoms with Crippen LogP contribution in [0.5, 0.6) is 11.5 Å². The maximum atomic E-state index is 13.2. The largest absolute Gasteiger partial charge is 0.496 e. The Kier molecular flexibility index (Phi) is 6.26. The van der Waals surface area contributed by atoms with Crippen molar-refractivity contribution >= 4 is 11.9 Å². The zero-order valence-electron chi connectivity index (χ0n) is 19.9. The number of amides is 1. The molecule has 1 saturated carbocycles. The number of hydrogen-bond donors (Lipinski definition) is 2. The first-order chi connectivity index (χ1) is 15.0. The van der Waals surface area contributed by atoms with Gasteiger partial charge in [-0.05, 0) is 42.9 Å².